The minimum absolute atomic E-state index is 0.0350. The Labute approximate surface area is 146 Å². The quantitative estimate of drug-likeness (QED) is 0.728. The average Bonchev–Trinajstić information content (AvgIpc) is 2.91. The fourth-order valence-electron chi connectivity index (χ4n) is 2.90. The van der Waals surface area contributed by atoms with Crippen LogP contribution in [0.5, 0.6) is 0 Å². The first-order valence-corrected chi connectivity index (χ1v) is 8.25. The molecule has 0 aliphatic rings. The van der Waals surface area contributed by atoms with Gasteiger partial charge in [-0.2, -0.15) is 0 Å². The minimum Gasteiger partial charge on any atom is -0.331 e. The Morgan fingerprint density at radius 2 is 1.84 bits per heavy atom. The molecule has 0 bridgehead atoms. The average molecular weight is 335 g/mol. The molecule has 0 atom stereocenters. The van der Waals surface area contributed by atoms with Crippen LogP contribution in [-0.4, -0.2) is 21.2 Å². The van der Waals surface area contributed by atoms with Gasteiger partial charge in [-0.05, 0) is 37.3 Å². The van der Waals surface area contributed by atoms with Gasteiger partial charge in [0.15, 0.2) is 5.78 Å². The standard InChI is InChI=1S/C20H21N3O2/c1-12(2)19-22-17-11-15(8-9-18(17)23(19)4)20(25)21-16-7-5-6-14(10-16)13(3)24/h5-12H,1-4H3,(H,21,25). The van der Waals surface area contributed by atoms with Gasteiger partial charge in [-0.25, -0.2) is 4.98 Å². The third-order valence-corrected chi connectivity index (χ3v) is 4.22. The molecule has 128 valence electrons. The van der Waals surface area contributed by atoms with Crippen LogP contribution in [0, 0.1) is 0 Å². The summed E-state index contributed by atoms with van der Waals surface area (Å²) in [5.74, 6) is 1.04. The van der Waals surface area contributed by atoms with Gasteiger partial charge in [0, 0.05) is 29.8 Å². The predicted octanol–water partition coefficient (Wildman–Crippen LogP) is 4.15. The maximum atomic E-state index is 12.5. The van der Waals surface area contributed by atoms with Crippen LogP contribution in [-0.2, 0) is 7.05 Å². The summed E-state index contributed by atoms with van der Waals surface area (Å²) >= 11 is 0. The number of imidazole rings is 1. The number of nitrogens with one attached hydrogen (secondary N) is 1. The molecule has 5 heteroatoms. The van der Waals surface area contributed by atoms with Crippen LogP contribution in [0.25, 0.3) is 11.0 Å². The van der Waals surface area contributed by atoms with Crippen molar-refractivity contribution < 1.29 is 9.59 Å². The molecule has 0 radical (unpaired) electrons. The molecule has 0 aliphatic heterocycles. The molecule has 2 aromatic carbocycles. The normalized spacial score (nSPS) is 11.1. The molecular weight excluding hydrogens is 314 g/mol. The van der Waals surface area contributed by atoms with Crippen molar-refractivity contribution in [1.29, 1.82) is 0 Å². The summed E-state index contributed by atoms with van der Waals surface area (Å²) in [6.07, 6.45) is 0. The van der Waals surface area contributed by atoms with Gasteiger partial charge in [0.2, 0.25) is 0 Å². The van der Waals surface area contributed by atoms with Crippen LogP contribution in [0.3, 0.4) is 0 Å². The van der Waals surface area contributed by atoms with E-state index in [1.807, 2.05) is 13.1 Å². The van der Waals surface area contributed by atoms with E-state index in [1.165, 1.54) is 6.92 Å². The number of hydrogen-bond acceptors (Lipinski definition) is 3. The molecule has 3 aromatic rings. The molecule has 0 aliphatic carbocycles. The lowest BCUT2D eigenvalue weighted by Gasteiger charge is -2.07. The topological polar surface area (TPSA) is 64.0 Å². The second-order valence-corrected chi connectivity index (χ2v) is 6.48. The molecule has 1 heterocycles. The van der Waals surface area contributed by atoms with Crippen molar-refractivity contribution in [2.75, 3.05) is 5.32 Å². The summed E-state index contributed by atoms with van der Waals surface area (Å²) in [6, 6.07) is 12.4. The SMILES string of the molecule is CC(=O)c1cccc(NC(=O)c2ccc3c(c2)nc(C(C)C)n3C)c1. The molecule has 0 fully saturated rings. The Kier molecular flexibility index (Phi) is 4.40. The summed E-state index contributed by atoms with van der Waals surface area (Å²) in [4.78, 5) is 28.6. The van der Waals surface area contributed by atoms with Crippen LogP contribution in [0.4, 0.5) is 5.69 Å². The van der Waals surface area contributed by atoms with E-state index in [1.54, 1.807) is 36.4 Å². The minimum atomic E-state index is -0.223. The van der Waals surface area contributed by atoms with Gasteiger partial charge in [-0.1, -0.05) is 26.0 Å². The first-order valence-electron chi connectivity index (χ1n) is 8.25. The zero-order valence-electron chi connectivity index (χ0n) is 14.8. The number of nitrogens with zero attached hydrogens (tertiary/aromatic N) is 2. The van der Waals surface area contributed by atoms with Gasteiger partial charge < -0.3 is 9.88 Å². The van der Waals surface area contributed by atoms with Crippen LogP contribution in [0.2, 0.25) is 0 Å². The fourth-order valence-corrected chi connectivity index (χ4v) is 2.90. The number of anilines is 1. The van der Waals surface area contributed by atoms with Crippen LogP contribution in [0.15, 0.2) is 42.5 Å². The number of carbonyl (C=O) groups is 2. The monoisotopic (exact) mass is 335 g/mol. The first kappa shape index (κ1) is 16.9. The number of hydrogen-bond donors (Lipinski definition) is 1. The van der Waals surface area contributed by atoms with Gasteiger partial charge in [-0.3, -0.25) is 9.59 Å². The lowest BCUT2D eigenvalue weighted by molar-refractivity contribution is 0.101. The fraction of sp³-hybridized carbons (Fsp3) is 0.250. The van der Waals surface area contributed by atoms with Gasteiger partial charge in [-0.15, -0.1) is 0 Å². The smallest absolute Gasteiger partial charge is 0.255 e. The number of rotatable bonds is 4. The van der Waals surface area contributed by atoms with Crippen molar-refractivity contribution in [3.63, 3.8) is 0 Å². The molecule has 5 nitrogen and oxygen atoms in total. The molecule has 0 saturated heterocycles. The summed E-state index contributed by atoms with van der Waals surface area (Å²) in [6.45, 7) is 5.69. The number of Topliss-reactive ketones (excluding diaryl/α,β-unsaturated/α-hetero) is 1. The first-order chi connectivity index (χ1) is 11.9. The van der Waals surface area contributed by atoms with Crippen molar-refractivity contribution >= 4 is 28.4 Å². The van der Waals surface area contributed by atoms with Crippen molar-refractivity contribution in [2.24, 2.45) is 7.05 Å². The summed E-state index contributed by atoms with van der Waals surface area (Å²) in [7, 11) is 1.98. The van der Waals surface area contributed by atoms with E-state index in [0.29, 0.717) is 22.7 Å². The third-order valence-electron chi connectivity index (χ3n) is 4.22. The lowest BCUT2D eigenvalue weighted by atomic mass is 10.1. The van der Waals surface area contributed by atoms with Crippen molar-refractivity contribution in [2.45, 2.75) is 26.7 Å². The highest BCUT2D eigenvalue weighted by Crippen LogP contribution is 2.22. The molecule has 0 saturated carbocycles. The maximum Gasteiger partial charge on any atom is 0.255 e. The number of aryl methyl sites for hydroxylation is 1. The number of amides is 1. The van der Waals surface area contributed by atoms with Gasteiger partial charge in [0.1, 0.15) is 5.82 Å². The molecule has 0 spiro atoms. The Morgan fingerprint density at radius 1 is 1.08 bits per heavy atom. The molecule has 1 aromatic heterocycles. The van der Waals surface area contributed by atoms with Gasteiger partial charge in [0.25, 0.3) is 5.91 Å². The van der Waals surface area contributed by atoms with E-state index < -0.39 is 0 Å². The Balaban J connectivity index is 1.90. The Morgan fingerprint density at radius 3 is 2.52 bits per heavy atom. The highest BCUT2D eigenvalue weighted by Gasteiger charge is 2.14. The highest BCUT2D eigenvalue weighted by molar-refractivity contribution is 6.06. The van der Waals surface area contributed by atoms with Crippen molar-refractivity contribution in [3.8, 4) is 0 Å². The summed E-state index contributed by atoms with van der Waals surface area (Å²) in [5.41, 5.74) is 3.51. The van der Waals surface area contributed by atoms with E-state index >= 15 is 0 Å². The predicted molar refractivity (Wildman–Crippen MR) is 99.2 cm³/mol. The van der Waals surface area contributed by atoms with Crippen LogP contribution < -0.4 is 5.32 Å². The van der Waals surface area contributed by atoms with E-state index in [9.17, 15) is 9.59 Å². The van der Waals surface area contributed by atoms with Crippen LogP contribution in [0.1, 0.15) is 53.2 Å². The molecule has 0 unspecified atom stereocenters. The Hall–Kier alpha value is -2.95. The van der Waals surface area contributed by atoms with Crippen molar-refractivity contribution in [1.82, 2.24) is 9.55 Å². The van der Waals surface area contributed by atoms with E-state index in [0.717, 1.165) is 16.9 Å². The lowest BCUT2D eigenvalue weighted by Crippen LogP contribution is -2.12. The van der Waals surface area contributed by atoms with E-state index in [2.05, 4.69) is 28.7 Å². The molecule has 3 rings (SSSR count). The summed E-state index contributed by atoms with van der Waals surface area (Å²) in [5, 5.41) is 2.84. The number of ketones is 1. The zero-order valence-corrected chi connectivity index (χ0v) is 14.8. The maximum absolute atomic E-state index is 12.5. The summed E-state index contributed by atoms with van der Waals surface area (Å²) < 4.78 is 2.05. The highest BCUT2D eigenvalue weighted by atomic mass is 16.1. The zero-order chi connectivity index (χ0) is 18.1. The number of carbonyl (C=O) groups excluding carboxylic acids is 2. The van der Waals surface area contributed by atoms with Crippen molar-refractivity contribution in [3.05, 3.63) is 59.4 Å². The molecule has 25 heavy (non-hydrogen) atoms. The number of benzene rings is 2. The second kappa shape index (κ2) is 6.51. The molecule has 1 amide bonds. The van der Waals surface area contributed by atoms with Crippen LogP contribution >= 0.6 is 0 Å². The van der Waals surface area contributed by atoms with E-state index in [-0.39, 0.29) is 11.7 Å². The second-order valence-electron chi connectivity index (χ2n) is 6.48. The van der Waals surface area contributed by atoms with E-state index in [4.69, 9.17) is 0 Å². The van der Waals surface area contributed by atoms with Gasteiger partial charge in [0.05, 0.1) is 11.0 Å². The number of aromatic nitrogens is 2. The third kappa shape index (κ3) is 3.31. The molecule has 1 N–H and O–H groups in total. The molecular formula is C20H21N3O2. The van der Waals surface area contributed by atoms with Gasteiger partial charge >= 0.3 is 0 Å². The largest absolute Gasteiger partial charge is 0.331 e. The number of fused-ring (bicyclic) bond motifs is 1. The Bertz CT molecular complexity index is 970.